The van der Waals surface area contributed by atoms with Gasteiger partial charge in [0, 0.05) is 23.7 Å². The summed E-state index contributed by atoms with van der Waals surface area (Å²) in [6.07, 6.45) is 8.05. The van der Waals surface area contributed by atoms with Gasteiger partial charge in [-0.05, 0) is 81.0 Å². The van der Waals surface area contributed by atoms with Gasteiger partial charge in [-0.2, -0.15) is 0 Å². The molecule has 1 saturated carbocycles. The maximum Gasteiger partial charge on any atom is 0.252 e. The first-order valence-corrected chi connectivity index (χ1v) is 12.4. The minimum atomic E-state index is -0.207. The summed E-state index contributed by atoms with van der Waals surface area (Å²) in [6.45, 7) is 11.3. The second kappa shape index (κ2) is 9.75. The summed E-state index contributed by atoms with van der Waals surface area (Å²) in [7, 11) is 0. The third kappa shape index (κ3) is 5.18. The molecule has 0 bridgehead atoms. The number of benzene rings is 1. The molecule has 1 fully saturated rings. The number of rotatable bonds is 7. The van der Waals surface area contributed by atoms with Crippen LogP contribution >= 0.6 is 0 Å². The van der Waals surface area contributed by atoms with Crippen LogP contribution in [-0.4, -0.2) is 36.1 Å². The first kappa shape index (κ1) is 23.6. The number of aromatic nitrogens is 5. The van der Waals surface area contributed by atoms with Gasteiger partial charge in [0.25, 0.3) is 5.56 Å². The van der Waals surface area contributed by atoms with Gasteiger partial charge in [-0.25, -0.2) is 4.68 Å². The van der Waals surface area contributed by atoms with E-state index in [9.17, 15) is 4.79 Å². The largest absolute Gasteiger partial charge is 0.322 e. The number of nitrogens with zero attached hydrogens (tertiary/aromatic N) is 5. The summed E-state index contributed by atoms with van der Waals surface area (Å²) in [5, 5.41) is 14.0. The van der Waals surface area contributed by atoms with E-state index in [4.69, 9.17) is 0 Å². The summed E-state index contributed by atoms with van der Waals surface area (Å²) in [5.74, 6) is 0.906. The molecule has 2 heterocycles. The SMILES string of the molecule is CCC[C@@H](c1nnnn1C(C)(C)C)N(Cc1cc2cc(C)ccc2[nH]c1=O)C1CCCCC1. The van der Waals surface area contributed by atoms with Crippen molar-refractivity contribution in [2.24, 2.45) is 0 Å². The monoisotopic (exact) mass is 450 g/mol. The van der Waals surface area contributed by atoms with E-state index in [1.165, 1.54) is 24.8 Å². The van der Waals surface area contributed by atoms with Crippen LogP contribution < -0.4 is 5.56 Å². The maximum absolute atomic E-state index is 13.1. The molecule has 0 unspecified atom stereocenters. The topological polar surface area (TPSA) is 79.7 Å². The zero-order valence-electron chi connectivity index (χ0n) is 20.8. The van der Waals surface area contributed by atoms with Crippen molar-refractivity contribution < 1.29 is 0 Å². The van der Waals surface area contributed by atoms with Crippen LogP contribution in [0.1, 0.15) is 95.6 Å². The number of H-pyrrole nitrogens is 1. The van der Waals surface area contributed by atoms with Crippen molar-refractivity contribution in [1.29, 1.82) is 0 Å². The lowest BCUT2D eigenvalue weighted by Gasteiger charge is -2.40. The van der Waals surface area contributed by atoms with E-state index in [1.54, 1.807) is 0 Å². The van der Waals surface area contributed by atoms with E-state index >= 15 is 0 Å². The van der Waals surface area contributed by atoms with Gasteiger partial charge in [0.1, 0.15) is 0 Å². The molecule has 33 heavy (non-hydrogen) atoms. The summed E-state index contributed by atoms with van der Waals surface area (Å²) >= 11 is 0. The molecule has 178 valence electrons. The zero-order chi connectivity index (χ0) is 23.6. The molecular weight excluding hydrogens is 412 g/mol. The lowest BCUT2D eigenvalue weighted by atomic mass is 9.91. The predicted molar refractivity (Wildman–Crippen MR) is 132 cm³/mol. The molecule has 4 rings (SSSR count). The fourth-order valence-corrected chi connectivity index (χ4v) is 5.19. The zero-order valence-corrected chi connectivity index (χ0v) is 20.8. The van der Waals surface area contributed by atoms with Crippen molar-refractivity contribution in [3.05, 3.63) is 51.6 Å². The number of pyridine rings is 1. The van der Waals surface area contributed by atoms with Gasteiger partial charge >= 0.3 is 0 Å². The molecule has 7 nitrogen and oxygen atoms in total. The van der Waals surface area contributed by atoms with Crippen LogP contribution in [0.25, 0.3) is 10.9 Å². The highest BCUT2D eigenvalue weighted by molar-refractivity contribution is 5.79. The van der Waals surface area contributed by atoms with Crippen molar-refractivity contribution in [3.63, 3.8) is 0 Å². The molecule has 7 heteroatoms. The number of tetrazole rings is 1. The van der Waals surface area contributed by atoms with Crippen molar-refractivity contribution >= 4 is 10.9 Å². The number of fused-ring (bicyclic) bond motifs is 1. The fraction of sp³-hybridized carbons (Fsp3) is 0.615. The van der Waals surface area contributed by atoms with E-state index in [1.807, 2.05) is 16.8 Å². The normalized spacial score (nSPS) is 16.5. The lowest BCUT2D eigenvalue weighted by Crippen LogP contribution is -2.42. The Morgan fingerprint density at radius 2 is 1.94 bits per heavy atom. The van der Waals surface area contributed by atoms with Crippen LogP contribution in [0.3, 0.4) is 0 Å². The molecular formula is C26H38N6O. The van der Waals surface area contributed by atoms with Gasteiger partial charge in [-0.3, -0.25) is 9.69 Å². The second-order valence-electron chi connectivity index (χ2n) is 10.6. The van der Waals surface area contributed by atoms with Crippen molar-refractivity contribution in [3.8, 4) is 0 Å². The molecule has 0 aliphatic heterocycles. The highest BCUT2D eigenvalue weighted by Crippen LogP contribution is 2.34. The minimum absolute atomic E-state index is 0.00201. The Hall–Kier alpha value is -2.54. The van der Waals surface area contributed by atoms with Crippen molar-refractivity contribution in [2.75, 3.05) is 0 Å². The van der Waals surface area contributed by atoms with Crippen molar-refractivity contribution in [2.45, 2.75) is 104 Å². The molecule has 0 spiro atoms. The highest BCUT2D eigenvalue weighted by Gasteiger charge is 2.34. The van der Waals surface area contributed by atoms with Gasteiger partial charge in [0.05, 0.1) is 11.6 Å². The van der Waals surface area contributed by atoms with E-state index in [2.05, 4.69) is 72.2 Å². The van der Waals surface area contributed by atoms with Crippen LogP contribution in [-0.2, 0) is 12.1 Å². The Kier molecular flexibility index (Phi) is 6.98. The molecule has 0 radical (unpaired) electrons. The summed E-state index contributed by atoms with van der Waals surface area (Å²) in [5.41, 5.74) is 2.69. The average Bonchev–Trinajstić information content (AvgIpc) is 3.28. The molecule has 0 saturated heterocycles. The van der Waals surface area contributed by atoms with Crippen LogP contribution in [0.15, 0.2) is 29.1 Å². The average molecular weight is 451 g/mol. The van der Waals surface area contributed by atoms with Crippen LogP contribution in [0.5, 0.6) is 0 Å². The molecule has 1 N–H and O–H groups in total. The van der Waals surface area contributed by atoms with E-state index in [0.29, 0.717) is 12.6 Å². The van der Waals surface area contributed by atoms with Crippen LogP contribution in [0.2, 0.25) is 0 Å². The summed E-state index contributed by atoms with van der Waals surface area (Å²) in [4.78, 5) is 18.7. The number of hydrogen-bond acceptors (Lipinski definition) is 5. The van der Waals surface area contributed by atoms with E-state index in [-0.39, 0.29) is 17.1 Å². The van der Waals surface area contributed by atoms with Crippen LogP contribution in [0, 0.1) is 6.92 Å². The molecule has 2 aromatic heterocycles. The number of aryl methyl sites for hydroxylation is 1. The van der Waals surface area contributed by atoms with Gasteiger partial charge in [-0.1, -0.05) is 44.2 Å². The third-order valence-corrected chi connectivity index (χ3v) is 6.86. The lowest BCUT2D eigenvalue weighted by molar-refractivity contribution is 0.0779. The summed E-state index contributed by atoms with van der Waals surface area (Å²) in [6, 6.07) is 8.74. The fourth-order valence-electron chi connectivity index (χ4n) is 5.19. The van der Waals surface area contributed by atoms with Crippen LogP contribution in [0.4, 0.5) is 0 Å². The van der Waals surface area contributed by atoms with Gasteiger partial charge < -0.3 is 4.98 Å². The molecule has 1 aromatic carbocycles. The Morgan fingerprint density at radius 1 is 1.18 bits per heavy atom. The number of aromatic amines is 1. The Labute approximate surface area is 196 Å². The van der Waals surface area contributed by atoms with Gasteiger partial charge in [-0.15, -0.1) is 5.10 Å². The van der Waals surface area contributed by atoms with Crippen molar-refractivity contribution in [1.82, 2.24) is 30.1 Å². The Bertz CT molecular complexity index is 1140. The molecule has 1 aliphatic rings. The molecule has 1 atom stereocenters. The van der Waals surface area contributed by atoms with E-state index < -0.39 is 0 Å². The Morgan fingerprint density at radius 3 is 2.64 bits per heavy atom. The summed E-state index contributed by atoms with van der Waals surface area (Å²) < 4.78 is 1.97. The maximum atomic E-state index is 13.1. The van der Waals surface area contributed by atoms with E-state index in [0.717, 1.165) is 48.0 Å². The predicted octanol–water partition coefficient (Wildman–Crippen LogP) is 5.25. The first-order valence-electron chi connectivity index (χ1n) is 12.4. The van der Waals surface area contributed by atoms with Gasteiger partial charge in [0.15, 0.2) is 5.82 Å². The molecule has 3 aromatic rings. The first-order chi connectivity index (χ1) is 15.8. The molecule has 0 amide bonds. The quantitative estimate of drug-likeness (QED) is 0.531. The highest BCUT2D eigenvalue weighted by atomic mass is 16.1. The smallest absolute Gasteiger partial charge is 0.252 e. The Balaban J connectivity index is 1.78. The standard InChI is InChI=1S/C26H38N6O/c1-6-10-23(24-28-29-30-32(24)26(3,4)5)31(21-11-8-7-9-12-21)17-20-16-19-15-18(2)13-14-22(19)27-25(20)33/h13-16,21,23H,6-12,17H2,1-5H3,(H,27,33)/t23-/m0/s1. The third-order valence-electron chi connectivity index (χ3n) is 6.86. The minimum Gasteiger partial charge on any atom is -0.322 e. The number of hydrogen-bond donors (Lipinski definition) is 1. The molecule has 1 aliphatic carbocycles. The number of nitrogens with one attached hydrogen (secondary N) is 1. The second-order valence-corrected chi connectivity index (χ2v) is 10.6. The van der Waals surface area contributed by atoms with Gasteiger partial charge in [0.2, 0.25) is 0 Å².